The van der Waals surface area contributed by atoms with Crippen LogP contribution in [0.2, 0.25) is 0 Å². The summed E-state index contributed by atoms with van der Waals surface area (Å²) in [5.74, 6) is 0. The smallest absolute Gasteiger partial charge is 0.0679 e. The van der Waals surface area contributed by atoms with Gasteiger partial charge < -0.3 is 19.3 Å². The van der Waals surface area contributed by atoms with E-state index in [4.69, 9.17) is 9.47 Å². The van der Waals surface area contributed by atoms with Gasteiger partial charge in [-0.1, -0.05) is 54.6 Å². The first kappa shape index (κ1) is 17.1. The van der Waals surface area contributed by atoms with E-state index in [1.807, 2.05) is 0 Å². The van der Waals surface area contributed by atoms with E-state index < -0.39 is 0 Å². The molecular formula is C22H26N2O2. The van der Waals surface area contributed by atoms with Gasteiger partial charge in [0.25, 0.3) is 0 Å². The van der Waals surface area contributed by atoms with Crippen LogP contribution in [0.4, 0.5) is 11.4 Å². The van der Waals surface area contributed by atoms with Crippen LogP contribution in [0.1, 0.15) is 11.1 Å². The van der Waals surface area contributed by atoms with Gasteiger partial charge in [0.2, 0.25) is 0 Å². The lowest BCUT2D eigenvalue weighted by Gasteiger charge is -2.37. The molecule has 4 heteroatoms. The molecule has 2 aliphatic heterocycles. The number of para-hydroxylation sites is 1. The van der Waals surface area contributed by atoms with E-state index >= 15 is 0 Å². The van der Waals surface area contributed by atoms with Gasteiger partial charge in [-0.3, -0.25) is 0 Å². The fourth-order valence-corrected chi connectivity index (χ4v) is 3.62. The van der Waals surface area contributed by atoms with Crippen molar-refractivity contribution in [3.8, 4) is 0 Å². The van der Waals surface area contributed by atoms with Gasteiger partial charge in [0, 0.05) is 26.2 Å². The van der Waals surface area contributed by atoms with Crippen LogP contribution >= 0.6 is 0 Å². The number of benzene rings is 2. The summed E-state index contributed by atoms with van der Waals surface area (Å²) < 4.78 is 11.1. The van der Waals surface area contributed by atoms with Gasteiger partial charge in [-0.25, -0.2) is 0 Å². The van der Waals surface area contributed by atoms with E-state index in [1.54, 1.807) is 0 Å². The predicted molar refractivity (Wildman–Crippen MR) is 108 cm³/mol. The van der Waals surface area contributed by atoms with Crippen molar-refractivity contribution in [2.24, 2.45) is 0 Å². The van der Waals surface area contributed by atoms with Crippen molar-refractivity contribution in [3.05, 3.63) is 59.7 Å². The van der Waals surface area contributed by atoms with E-state index in [0.717, 1.165) is 52.6 Å². The molecule has 4 nitrogen and oxygen atoms in total. The Labute approximate surface area is 155 Å². The lowest BCUT2D eigenvalue weighted by atomic mass is 10.1. The molecule has 2 aromatic rings. The third kappa shape index (κ3) is 3.92. The maximum absolute atomic E-state index is 5.58. The number of nitrogens with zero attached hydrogens (tertiary/aromatic N) is 2. The van der Waals surface area contributed by atoms with E-state index in [2.05, 4.69) is 70.5 Å². The molecule has 0 radical (unpaired) electrons. The largest absolute Gasteiger partial charge is 0.378 e. The molecule has 0 spiro atoms. The quantitative estimate of drug-likeness (QED) is 0.788. The highest BCUT2D eigenvalue weighted by molar-refractivity contribution is 5.85. The molecule has 2 fully saturated rings. The highest BCUT2D eigenvalue weighted by atomic mass is 16.5. The first-order valence-electron chi connectivity index (χ1n) is 9.43. The van der Waals surface area contributed by atoms with E-state index in [1.165, 1.54) is 22.5 Å². The zero-order chi connectivity index (χ0) is 17.6. The molecule has 0 saturated carbocycles. The molecule has 26 heavy (non-hydrogen) atoms. The molecule has 4 rings (SSSR count). The SMILES string of the molecule is C(=Cc1cccc(N2CCOCC2)c1N1CCOCC1)c1ccccc1. The van der Waals surface area contributed by atoms with Crippen molar-refractivity contribution >= 4 is 23.5 Å². The van der Waals surface area contributed by atoms with E-state index in [9.17, 15) is 0 Å². The van der Waals surface area contributed by atoms with Crippen LogP contribution in [0.15, 0.2) is 48.5 Å². The molecule has 0 aromatic heterocycles. The molecule has 136 valence electrons. The average molecular weight is 350 g/mol. The third-order valence-corrected chi connectivity index (χ3v) is 4.98. The van der Waals surface area contributed by atoms with Crippen LogP contribution < -0.4 is 9.80 Å². The maximum atomic E-state index is 5.58. The minimum atomic E-state index is 0.791. The van der Waals surface area contributed by atoms with Crippen molar-refractivity contribution in [1.29, 1.82) is 0 Å². The molecule has 0 unspecified atom stereocenters. The fourth-order valence-electron chi connectivity index (χ4n) is 3.62. The summed E-state index contributed by atoms with van der Waals surface area (Å²) in [7, 11) is 0. The van der Waals surface area contributed by atoms with Crippen LogP contribution in [-0.2, 0) is 9.47 Å². The van der Waals surface area contributed by atoms with Gasteiger partial charge in [-0.05, 0) is 17.2 Å². The normalized spacial score (nSPS) is 18.5. The van der Waals surface area contributed by atoms with Crippen LogP contribution in [0.5, 0.6) is 0 Å². The summed E-state index contributed by atoms with van der Waals surface area (Å²) in [6, 6.07) is 17.1. The number of morpholine rings is 2. The molecular weight excluding hydrogens is 324 g/mol. The topological polar surface area (TPSA) is 24.9 Å². The Morgan fingerprint density at radius 2 is 1.31 bits per heavy atom. The molecule has 2 aliphatic rings. The van der Waals surface area contributed by atoms with Gasteiger partial charge in [0.15, 0.2) is 0 Å². The standard InChI is InChI=1S/C22H26N2O2/c1-2-5-19(6-3-1)9-10-20-7-4-8-21(23-11-15-25-16-12-23)22(20)24-13-17-26-18-14-24/h1-10H,11-18H2. The molecule has 0 amide bonds. The number of hydrogen-bond donors (Lipinski definition) is 0. The van der Waals surface area contributed by atoms with Gasteiger partial charge in [-0.15, -0.1) is 0 Å². The Hall–Kier alpha value is -2.30. The van der Waals surface area contributed by atoms with E-state index in [-0.39, 0.29) is 0 Å². The Morgan fingerprint density at radius 3 is 2.00 bits per heavy atom. The first-order valence-corrected chi connectivity index (χ1v) is 9.43. The maximum Gasteiger partial charge on any atom is 0.0679 e. The number of hydrogen-bond acceptors (Lipinski definition) is 4. The molecule has 0 atom stereocenters. The molecule has 2 aromatic carbocycles. The van der Waals surface area contributed by atoms with Crippen molar-refractivity contribution < 1.29 is 9.47 Å². The highest BCUT2D eigenvalue weighted by Gasteiger charge is 2.22. The lowest BCUT2D eigenvalue weighted by molar-refractivity contribution is 0.121. The Morgan fingerprint density at radius 1 is 0.654 bits per heavy atom. The summed E-state index contributed by atoms with van der Waals surface area (Å²) in [6.45, 7) is 6.95. The number of ether oxygens (including phenoxy) is 2. The Kier molecular flexibility index (Phi) is 5.53. The van der Waals surface area contributed by atoms with Crippen LogP contribution in [0.25, 0.3) is 12.2 Å². The molecule has 0 N–H and O–H groups in total. The zero-order valence-corrected chi connectivity index (χ0v) is 15.1. The van der Waals surface area contributed by atoms with E-state index in [0.29, 0.717) is 0 Å². The minimum Gasteiger partial charge on any atom is -0.378 e. The third-order valence-electron chi connectivity index (χ3n) is 4.98. The first-order chi connectivity index (χ1) is 12.9. The summed E-state index contributed by atoms with van der Waals surface area (Å²) >= 11 is 0. The second kappa shape index (κ2) is 8.39. The molecule has 0 aliphatic carbocycles. The van der Waals surface area contributed by atoms with Gasteiger partial charge in [0.05, 0.1) is 37.8 Å². The fraction of sp³-hybridized carbons (Fsp3) is 0.364. The van der Waals surface area contributed by atoms with Gasteiger partial charge >= 0.3 is 0 Å². The lowest BCUT2D eigenvalue weighted by Crippen LogP contribution is -2.40. The van der Waals surface area contributed by atoms with Gasteiger partial charge in [0.1, 0.15) is 0 Å². The molecule has 2 heterocycles. The van der Waals surface area contributed by atoms with Crippen LogP contribution in [0.3, 0.4) is 0 Å². The van der Waals surface area contributed by atoms with Crippen molar-refractivity contribution in [2.75, 3.05) is 62.4 Å². The number of rotatable bonds is 4. The predicted octanol–water partition coefficient (Wildman–Crippen LogP) is 3.53. The van der Waals surface area contributed by atoms with Crippen molar-refractivity contribution in [2.45, 2.75) is 0 Å². The molecule has 0 bridgehead atoms. The van der Waals surface area contributed by atoms with Crippen molar-refractivity contribution in [3.63, 3.8) is 0 Å². The minimum absolute atomic E-state index is 0.791. The summed E-state index contributed by atoms with van der Waals surface area (Å²) in [5, 5.41) is 0. The molecule has 2 saturated heterocycles. The van der Waals surface area contributed by atoms with Crippen molar-refractivity contribution in [1.82, 2.24) is 0 Å². The second-order valence-electron chi connectivity index (χ2n) is 6.66. The second-order valence-corrected chi connectivity index (χ2v) is 6.66. The average Bonchev–Trinajstić information content (AvgIpc) is 2.74. The summed E-state index contributed by atoms with van der Waals surface area (Å²) in [6.07, 6.45) is 4.44. The summed E-state index contributed by atoms with van der Waals surface area (Å²) in [4.78, 5) is 4.92. The van der Waals surface area contributed by atoms with Gasteiger partial charge in [-0.2, -0.15) is 0 Å². The highest BCUT2D eigenvalue weighted by Crippen LogP contribution is 2.35. The monoisotopic (exact) mass is 350 g/mol. The zero-order valence-electron chi connectivity index (χ0n) is 15.1. The Bertz CT molecular complexity index is 733. The van der Waals surface area contributed by atoms with Crippen LogP contribution in [-0.4, -0.2) is 52.6 Å². The Balaban J connectivity index is 1.70. The summed E-state index contributed by atoms with van der Waals surface area (Å²) in [5.41, 5.74) is 5.12. The van der Waals surface area contributed by atoms with Crippen LogP contribution in [0, 0.1) is 0 Å². The number of anilines is 2.